The van der Waals surface area contributed by atoms with E-state index in [0.717, 1.165) is 24.0 Å². The summed E-state index contributed by atoms with van der Waals surface area (Å²) in [6.45, 7) is 0.374. The Labute approximate surface area is 191 Å². The minimum Gasteiger partial charge on any atom is -0.352 e. The molecular weight excluding hydrogens is 422 g/mol. The Kier molecular flexibility index (Phi) is 6.97. The van der Waals surface area contributed by atoms with Gasteiger partial charge in [0.25, 0.3) is 11.8 Å². The van der Waals surface area contributed by atoms with Crippen LogP contribution in [0.2, 0.25) is 0 Å². The van der Waals surface area contributed by atoms with Gasteiger partial charge in [-0.1, -0.05) is 48.5 Å². The second kappa shape index (κ2) is 10.2. The molecule has 4 rings (SSSR count). The van der Waals surface area contributed by atoms with Crippen molar-refractivity contribution in [2.24, 2.45) is 0 Å². The quantitative estimate of drug-likeness (QED) is 0.470. The van der Waals surface area contributed by atoms with Crippen molar-refractivity contribution < 1.29 is 14.4 Å². The molecule has 3 amide bonds. The van der Waals surface area contributed by atoms with Gasteiger partial charge >= 0.3 is 0 Å². The summed E-state index contributed by atoms with van der Waals surface area (Å²) in [5.74, 6) is -0.573. The van der Waals surface area contributed by atoms with Gasteiger partial charge in [0.2, 0.25) is 5.91 Å². The van der Waals surface area contributed by atoms with Gasteiger partial charge in [0.05, 0.1) is 4.88 Å². The van der Waals surface area contributed by atoms with Crippen LogP contribution >= 0.6 is 11.3 Å². The van der Waals surface area contributed by atoms with Crippen LogP contribution in [0.1, 0.15) is 44.0 Å². The van der Waals surface area contributed by atoms with E-state index in [4.69, 9.17) is 0 Å². The van der Waals surface area contributed by atoms with E-state index in [2.05, 4.69) is 16.0 Å². The highest BCUT2D eigenvalue weighted by molar-refractivity contribution is 7.12. The first-order valence-corrected chi connectivity index (χ1v) is 11.5. The molecule has 32 heavy (non-hydrogen) atoms. The van der Waals surface area contributed by atoms with Gasteiger partial charge in [-0.25, -0.2) is 0 Å². The highest BCUT2D eigenvalue weighted by Crippen LogP contribution is 2.19. The average molecular weight is 448 g/mol. The summed E-state index contributed by atoms with van der Waals surface area (Å²) in [5, 5.41) is 10.6. The first-order chi connectivity index (χ1) is 15.6. The molecule has 7 heteroatoms. The summed E-state index contributed by atoms with van der Waals surface area (Å²) in [4.78, 5) is 38.3. The predicted molar refractivity (Wildman–Crippen MR) is 124 cm³/mol. The SMILES string of the molecule is O=C(NC(Cc1ccccc1)C(=O)NC1CC1)c1ccc(CNC(=O)c2cccs2)cc1. The predicted octanol–water partition coefficient (Wildman–Crippen LogP) is 3.30. The van der Waals surface area contributed by atoms with Crippen molar-refractivity contribution in [3.8, 4) is 0 Å². The zero-order valence-corrected chi connectivity index (χ0v) is 18.4. The van der Waals surface area contributed by atoms with Crippen LogP contribution in [0.25, 0.3) is 0 Å². The third-order valence-electron chi connectivity index (χ3n) is 5.24. The molecule has 0 aliphatic heterocycles. The number of amides is 3. The van der Waals surface area contributed by atoms with Crippen LogP contribution in [0, 0.1) is 0 Å². The number of hydrogen-bond acceptors (Lipinski definition) is 4. The van der Waals surface area contributed by atoms with E-state index < -0.39 is 6.04 Å². The molecule has 1 atom stereocenters. The first-order valence-electron chi connectivity index (χ1n) is 10.6. The molecule has 1 unspecified atom stereocenters. The third-order valence-corrected chi connectivity index (χ3v) is 6.11. The van der Waals surface area contributed by atoms with Crippen LogP contribution in [-0.4, -0.2) is 29.8 Å². The molecule has 3 aromatic rings. The van der Waals surface area contributed by atoms with Gasteiger partial charge in [0.15, 0.2) is 0 Å². The Morgan fingerprint density at radius 3 is 2.28 bits per heavy atom. The maximum atomic E-state index is 12.8. The molecule has 1 aliphatic rings. The lowest BCUT2D eigenvalue weighted by Crippen LogP contribution is -2.48. The molecule has 0 saturated heterocycles. The van der Waals surface area contributed by atoms with Gasteiger partial charge in [0, 0.05) is 24.6 Å². The molecule has 6 nitrogen and oxygen atoms in total. The van der Waals surface area contributed by atoms with Crippen molar-refractivity contribution in [3.63, 3.8) is 0 Å². The van der Waals surface area contributed by atoms with E-state index in [-0.39, 0.29) is 23.8 Å². The zero-order chi connectivity index (χ0) is 22.3. The minimum atomic E-state index is -0.643. The third kappa shape index (κ3) is 6.04. The fourth-order valence-corrected chi connectivity index (χ4v) is 3.92. The summed E-state index contributed by atoms with van der Waals surface area (Å²) in [7, 11) is 0. The standard InChI is InChI=1S/C25H25N3O3S/c29-23(19-10-8-18(9-11-19)16-26-25(31)22-7-4-14-32-22)28-21(24(30)27-20-12-13-20)15-17-5-2-1-3-6-17/h1-11,14,20-21H,12-13,15-16H2,(H,26,31)(H,27,30)(H,28,29). The molecule has 1 aliphatic carbocycles. The number of benzene rings is 2. The van der Waals surface area contributed by atoms with Gasteiger partial charge in [0.1, 0.15) is 6.04 Å². The lowest BCUT2D eigenvalue weighted by molar-refractivity contribution is -0.123. The van der Waals surface area contributed by atoms with Gasteiger partial charge in [-0.3, -0.25) is 14.4 Å². The highest BCUT2D eigenvalue weighted by Gasteiger charge is 2.28. The van der Waals surface area contributed by atoms with E-state index in [1.807, 2.05) is 41.8 Å². The van der Waals surface area contributed by atoms with E-state index in [9.17, 15) is 14.4 Å². The molecule has 1 heterocycles. The largest absolute Gasteiger partial charge is 0.352 e. The fourth-order valence-electron chi connectivity index (χ4n) is 3.28. The monoisotopic (exact) mass is 447 g/mol. The maximum Gasteiger partial charge on any atom is 0.261 e. The van der Waals surface area contributed by atoms with Crippen LogP contribution in [0.15, 0.2) is 72.1 Å². The molecule has 0 radical (unpaired) electrons. The number of nitrogens with one attached hydrogen (secondary N) is 3. The zero-order valence-electron chi connectivity index (χ0n) is 17.5. The van der Waals surface area contributed by atoms with E-state index in [1.165, 1.54) is 11.3 Å². The van der Waals surface area contributed by atoms with Gasteiger partial charge < -0.3 is 16.0 Å². The summed E-state index contributed by atoms with van der Waals surface area (Å²) in [6, 6.07) is 19.9. The first kappa shape index (κ1) is 21.8. The average Bonchev–Trinajstić information content (AvgIpc) is 3.45. The summed E-state index contributed by atoms with van der Waals surface area (Å²) in [5.41, 5.74) is 2.34. The van der Waals surface area contributed by atoms with Gasteiger partial charge in [-0.2, -0.15) is 0 Å². The number of carbonyl (C=O) groups excluding carboxylic acids is 3. The van der Waals surface area contributed by atoms with Crippen molar-refractivity contribution in [1.82, 2.24) is 16.0 Å². The van der Waals surface area contributed by atoms with Crippen LogP contribution in [0.3, 0.4) is 0 Å². The second-order valence-electron chi connectivity index (χ2n) is 7.86. The molecule has 1 fully saturated rings. The lowest BCUT2D eigenvalue weighted by Gasteiger charge is -2.19. The number of hydrogen-bond donors (Lipinski definition) is 3. The molecule has 3 N–H and O–H groups in total. The van der Waals surface area contributed by atoms with Gasteiger partial charge in [-0.15, -0.1) is 11.3 Å². The lowest BCUT2D eigenvalue weighted by atomic mass is 10.0. The molecule has 0 bridgehead atoms. The summed E-state index contributed by atoms with van der Waals surface area (Å²) in [6.07, 6.45) is 2.41. The Balaban J connectivity index is 1.36. The van der Waals surface area contributed by atoms with Crippen molar-refractivity contribution in [2.75, 3.05) is 0 Å². The van der Waals surface area contributed by atoms with Crippen LogP contribution in [-0.2, 0) is 17.8 Å². The summed E-state index contributed by atoms with van der Waals surface area (Å²) >= 11 is 1.39. The van der Waals surface area contributed by atoms with Crippen molar-refractivity contribution in [1.29, 1.82) is 0 Å². The maximum absolute atomic E-state index is 12.8. The van der Waals surface area contributed by atoms with E-state index in [0.29, 0.717) is 23.4 Å². The van der Waals surface area contributed by atoms with Crippen molar-refractivity contribution in [2.45, 2.75) is 37.9 Å². The molecular formula is C25H25N3O3S. The van der Waals surface area contributed by atoms with Gasteiger partial charge in [-0.05, 0) is 47.5 Å². The highest BCUT2D eigenvalue weighted by atomic mass is 32.1. The Morgan fingerprint density at radius 1 is 0.875 bits per heavy atom. The van der Waals surface area contributed by atoms with Crippen LogP contribution in [0.5, 0.6) is 0 Å². The Bertz CT molecular complexity index is 1060. The van der Waals surface area contributed by atoms with Crippen molar-refractivity contribution >= 4 is 29.1 Å². The minimum absolute atomic E-state index is 0.118. The summed E-state index contributed by atoms with van der Waals surface area (Å²) < 4.78 is 0. The fraction of sp³-hybridized carbons (Fsp3) is 0.240. The molecule has 2 aromatic carbocycles. The van der Waals surface area contributed by atoms with E-state index >= 15 is 0 Å². The Morgan fingerprint density at radius 2 is 1.62 bits per heavy atom. The molecule has 0 spiro atoms. The number of thiophene rings is 1. The van der Waals surface area contributed by atoms with Crippen LogP contribution < -0.4 is 16.0 Å². The van der Waals surface area contributed by atoms with Crippen molar-refractivity contribution in [3.05, 3.63) is 93.7 Å². The van der Waals surface area contributed by atoms with Crippen LogP contribution in [0.4, 0.5) is 0 Å². The second-order valence-corrected chi connectivity index (χ2v) is 8.80. The smallest absolute Gasteiger partial charge is 0.261 e. The number of rotatable bonds is 9. The normalized spacial score (nSPS) is 13.8. The molecule has 164 valence electrons. The van der Waals surface area contributed by atoms with E-state index in [1.54, 1.807) is 30.3 Å². The topological polar surface area (TPSA) is 87.3 Å². The molecule has 1 saturated carbocycles. The Hall–Kier alpha value is -3.45. The molecule has 1 aromatic heterocycles. The number of carbonyl (C=O) groups is 3.